The molecule has 5 rings (SSSR count). The Hall–Kier alpha value is -4.25. The van der Waals surface area contributed by atoms with Crippen molar-refractivity contribution in [2.24, 2.45) is 4.99 Å². The van der Waals surface area contributed by atoms with Gasteiger partial charge in [0.05, 0.1) is 0 Å². The maximum atomic E-state index is 13.9. The van der Waals surface area contributed by atoms with E-state index in [-0.39, 0.29) is 24.0 Å². The zero-order chi connectivity index (χ0) is 21.9. The number of carbonyl (C=O) groups is 1. The number of benzene rings is 4. The van der Waals surface area contributed by atoms with E-state index in [4.69, 9.17) is 9.47 Å². The Morgan fingerprint density at radius 2 is 1.62 bits per heavy atom. The second-order valence-electron chi connectivity index (χ2n) is 7.32. The van der Waals surface area contributed by atoms with Gasteiger partial charge in [0.15, 0.2) is 5.70 Å². The molecule has 0 fully saturated rings. The predicted octanol–water partition coefficient (Wildman–Crippen LogP) is 5.90. The van der Waals surface area contributed by atoms with Crippen LogP contribution in [0.3, 0.4) is 0 Å². The fourth-order valence-corrected chi connectivity index (χ4v) is 3.50. The van der Waals surface area contributed by atoms with E-state index in [1.54, 1.807) is 36.4 Å². The molecular weight excluding hydrogens is 405 g/mol. The first-order chi connectivity index (χ1) is 15.7. The van der Waals surface area contributed by atoms with Crippen LogP contribution in [-0.2, 0) is 16.1 Å². The lowest BCUT2D eigenvalue weighted by Crippen LogP contribution is -2.05. The van der Waals surface area contributed by atoms with Gasteiger partial charge in [-0.3, -0.25) is 0 Å². The summed E-state index contributed by atoms with van der Waals surface area (Å²) in [7, 11) is 0. The van der Waals surface area contributed by atoms with Gasteiger partial charge >= 0.3 is 5.97 Å². The van der Waals surface area contributed by atoms with E-state index in [0.717, 1.165) is 16.3 Å². The highest BCUT2D eigenvalue weighted by atomic mass is 19.1. The van der Waals surface area contributed by atoms with E-state index in [0.29, 0.717) is 16.9 Å². The van der Waals surface area contributed by atoms with Gasteiger partial charge in [-0.1, -0.05) is 66.7 Å². The van der Waals surface area contributed by atoms with Crippen molar-refractivity contribution in [3.8, 4) is 5.75 Å². The van der Waals surface area contributed by atoms with Gasteiger partial charge in [0, 0.05) is 16.7 Å². The van der Waals surface area contributed by atoms with Crippen molar-refractivity contribution in [2.45, 2.75) is 6.61 Å². The van der Waals surface area contributed by atoms with E-state index >= 15 is 0 Å². The summed E-state index contributed by atoms with van der Waals surface area (Å²) in [4.78, 5) is 16.9. The number of para-hydroxylation sites is 1. The summed E-state index contributed by atoms with van der Waals surface area (Å²) in [6.45, 7) is 0.0723. The first kappa shape index (κ1) is 19.7. The number of ether oxygens (including phenoxy) is 2. The smallest absolute Gasteiger partial charge is 0.363 e. The Balaban J connectivity index is 1.42. The summed E-state index contributed by atoms with van der Waals surface area (Å²) in [6, 6.07) is 27.4. The standard InChI is InChI=1S/C27H18FNO3/c28-23-11-5-3-10-22(23)17-31-25-12-6-4-9-20(25)16-24-27(30)32-26(29-24)21-14-13-18-7-1-2-8-19(18)15-21/h1-16H,17H2/b24-16-. The molecule has 0 unspecified atom stereocenters. The molecule has 1 aliphatic rings. The van der Waals surface area contributed by atoms with Gasteiger partial charge in [-0.05, 0) is 41.1 Å². The lowest BCUT2D eigenvalue weighted by Gasteiger charge is -2.10. The van der Waals surface area contributed by atoms with E-state index in [9.17, 15) is 9.18 Å². The zero-order valence-corrected chi connectivity index (χ0v) is 17.0. The van der Waals surface area contributed by atoms with Gasteiger partial charge in [-0.2, -0.15) is 0 Å². The molecule has 0 radical (unpaired) electrons. The average Bonchev–Trinajstić information content (AvgIpc) is 3.19. The number of rotatable bonds is 5. The Morgan fingerprint density at radius 3 is 2.50 bits per heavy atom. The Labute approximate surface area is 184 Å². The summed E-state index contributed by atoms with van der Waals surface area (Å²) < 4.78 is 25.1. The monoisotopic (exact) mass is 423 g/mol. The Kier molecular flexibility index (Phi) is 5.22. The maximum Gasteiger partial charge on any atom is 0.363 e. The topological polar surface area (TPSA) is 47.9 Å². The highest BCUT2D eigenvalue weighted by Gasteiger charge is 2.24. The minimum Gasteiger partial charge on any atom is -0.488 e. The van der Waals surface area contributed by atoms with Crippen molar-refractivity contribution in [3.63, 3.8) is 0 Å². The van der Waals surface area contributed by atoms with Crippen molar-refractivity contribution in [2.75, 3.05) is 0 Å². The van der Waals surface area contributed by atoms with Crippen molar-refractivity contribution >= 4 is 28.7 Å². The molecule has 0 aliphatic carbocycles. The number of aliphatic imine (C=N–C) groups is 1. The van der Waals surface area contributed by atoms with Crippen LogP contribution in [0.15, 0.2) is 102 Å². The average molecular weight is 423 g/mol. The van der Waals surface area contributed by atoms with Gasteiger partial charge in [0.2, 0.25) is 5.90 Å². The fourth-order valence-electron chi connectivity index (χ4n) is 3.50. The molecule has 0 N–H and O–H groups in total. The molecule has 1 heterocycles. The number of cyclic esters (lactones) is 1. The van der Waals surface area contributed by atoms with Crippen LogP contribution >= 0.6 is 0 Å². The summed E-state index contributed by atoms with van der Waals surface area (Å²) in [6.07, 6.45) is 1.62. The Morgan fingerprint density at radius 1 is 0.875 bits per heavy atom. The molecule has 32 heavy (non-hydrogen) atoms. The minimum atomic E-state index is -0.530. The predicted molar refractivity (Wildman–Crippen MR) is 122 cm³/mol. The summed E-state index contributed by atoms with van der Waals surface area (Å²) in [5.74, 6) is -0.0773. The van der Waals surface area contributed by atoms with Gasteiger partial charge in [-0.15, -0.1) is 0 Å². The summed E-state index contributed by atoms with van der Waals surface area (Å²) in [5.41, 5.74) is 2.01. The van der Waals surface area contributed by atoms with Crippen LogP contribution in [0, 0.1) is 5.82 Å². The molecule has 0 bridgehead atoms. The maximum absolute atomic E-state index is 13.9. The molecule has 5 heteroatoms. The molecule has 156 valence electrons. The summed E-state index contributed by atoms with van der Waals surface area (Å²) in [5, 5.41) is 2.13. The van der Waals surface area contributed by atoms with E-state index in [1.165, 1.54) is 6.07 Å². The molecule has 0 atom stereocenters. The normalized spacial score (nSPS) is 14.5. The van der Waals surface area contributed by atoms with Gasteiger partial charge < -0.3 is 9.47 Å². The lowest BCUT2D eigenvalue weighted by molar-refractivity contribution is -0.129. The number of halogens is 1. The molecule has 4 aromatic carbocycles. The first-order valence-electron chi connectivity index (χ1n) is 10.1. The number of fused-ring (bicyclic) bond motifs is 1. The molecular formula is C27H18FNO3. The highest BCUT2D eigenvalue weighted by Crippen LogP contribution is 2.26. The zero-order valence-electron chi connectivity index (χ0n) is 17.0. The van der Waals surface area contributed by atoms with Crippen LogP contribution < -0.4 is 4.74 Å². The number of carbonyl (C=O) groups excluding carboxylic acids is 1. The fraction of sp³-hybridized carbons (Fsp3) is 0.0370. The van der Waals surface area contributed by atoms with Crippen LogP contribution in [0.2, 0.25) is 0 Å². The summed E-state index contributed by atoms with van der Waals surface area (Å²) >= 11 is 0. The number of hydrogen-bond acceptors (Lipinski definition) is 4. The highest BCUT2D eigenvalue weighted by molar-refractivity contribution is 6.13. The quantitative estimate of drug-likeness (QED) is 0.296. The van der Waals surface area contributed by atoms with E-state index in [1.807, 2.05) is 54.6 Å². The minimum absolute atomic E-state index is 0.0723. The van der Waals surface area contributed by atoms with Crippen LogP contribution in [0.5, 0.6) is 5.75 Å². The van der Waals surface area contributed by atoms with Gasteiger partial charge in [-0.25, -0.2) is 14.2 Å². The van der Waals surface area contributed by atoms with Gasteiger partial charge in [0.1, 0.15) is 18.2 Å². The first-order valence-corrected chi connectivity index (χ1v) is 10.1. The van der Waals surface area contributed by atoms with Crippen LogP contribution in [0.4, 0.5) is 4.39 Å². The molecule has 0 spiro atoms. The number of nitrogens with zero attached hydrogens (tertiary/aromatic N) is 1. The van der Waals surface area contributed by atoms with Crippen molar-refractivity contribution < 1.29 is 18.7 Å². The SMILES string of the molecule is O=C1OC(c2ccc3ccccc3c2)=N/C1=C\c1ccccc1OCc1ccccc1F. The lowest BCUT2D eigenvalue weighted by atomic mass is 10.1. The molecule has 4 aromatic rings. The second-order valence-corrected chi connectivity index (χ2v) is 7.32. The van der Waals surface area contributed by atoms with Crippen LogP contribution in [0.25, 0.3) is 16.8 Å². The molecule has 0 aromatic heterocycles. The second kappa shape index (κ2) is 8.47. The van der Waals surface area contributed by atoms with Crippen molar-refractivity contribution in [1.82, 2.24) is 0 Å². The molecule has 0 amide bonds. The van der Waals surface area contributed by atoms with Crippen LogP contribution in [-0.4, -0.2) is 11.9 Å². The van der Waals surface area contributed by atoms with Crippen molar-refractivity contribution in [3.05, 3.63) is 119 Å². The molecule has 1 aliphatic heterocycles. The van der Waals surface area contributed by atoms with Gasteiger partial charge in [0.25, 0.3) is 0 Å². The third kappa shape index (κ3) is 4.01. The van der Waals surface area contributed by atoms with Crippen LogP contribution in [0.1, 0.15) is 16.7 Å². The third-order valence-electron chi connectivity index (χ3n) is 5.17. The third-order valence-corrected chi connectivity index (χ3v) is 5.17. The van der Waals surface area contributed by atoms with E-state index < -0.39 is 5.97 Å². The largest absolute Gasteiger partial charge is 0.488 e. The number of esters is 1. The molecule has 4 nitrogen and oxygen atoms in total. The number of hydrogen-bond donors (Lipinski definition) is 0. The Bertz CT molecular complexity index is 1390. The van der Waals surface area contributed by atoms with Crippen molar-refractivity contribution in [1.29, 1.82) is 0 Å². The molecule has 0 saturated heterocycles. The molecule has 0 saturated carbocycles. The van der Waals surface area contributed by atoms with E-state index in [2.05, 4.69) is 4.99 Å².